The number of nitrogens with zero attached hydrogens (tertiary/aromatic N) is 1. The Bertz CT molecular complexity index is 945. The highest BCUT2D eigenvalue weighted by Crippen LogP contribution is 2.29. The minimum absolute atomic E-state index is 0.0773. The highest BCUT2D eigenvalue weighted by molar-refractivity contribution is 5.79. The van der Waals surface area contributed by atoms with Gasteiger partial charge in [-0.3, -0.25) is 9.78 Å². The Labute approximate surface area is 170 Å². The van der Waals surface area contributed by atoms with Crippen LogP contribution in [0.4, 0.5) is 0 Å². The van der Waals surface area contributed by atoms with Crippen LogP contribution in [0.3, 0.4) is 0 Å². The van der Waals surface area contributed by atoms with E-state index in [9.17, 15) is 4.79 Å². The average molecular weight is 392 g/mol. The van der Waals surface area contributed by atoms with Crippen molar-refractivity contribution < 1.29 is 19.0 Å². The number of carbonyl (C=O) groups excluding carboxylic acids is 1. The molecule has 1 amide bonds. The van der Waals surface area contributed by atoms with Crippen molar-refractivity contribution in [2.45, 2.75) is 19.6 Å². The summed E-state index contributed by atoms with van der Waals surface area (Å²) >= 11 is 0. The van der Waals surface area contributed by atoms with E-state index in [1.165, 1.54) is 0 Å². The van der Waals surface area contributed by atoms with E-state index in [-0.39, 0.29) is 12.3 Å². The average Bonchev–Trinajstić information content (AvgIpc) is 2.77. The van der Waals surface area contributed by atoms with Crippen LogP contribution in [0.1, 0.15) is 16.7 Å². The Morgan fingerprint density at radius 3 is 2.41 bits per heavy atom. The van der Waals surface area contributed by atoms with E-state index in [0.717, 1.165) is 16.7 Å². The molecule has 1 heterocycles. The molecule has 29 heavy (non-hydrogen) atoms. The summed E-state index contributed by atoms with van der Waals surface area (Å²) in [6.07, 6.45) is 3.72. The molecule has 0 unspecified atom stereocenters. The normalized spacial score (nSPS) is 10.3. The van der Waals surface area contributed by atoms with Gasteiger partial charge in [0, 0.05) is 24.5 Å². The van der Waals surface area contributed by atoms with Gasteiger partial charge < -0.3 is 19.5 Å². The minimum Gasteiger partial charge on any atom is -0.496 e. The predicted octanol–water partition coefficient (Wildman–Crippen LogP) is 3.54. The summed E-state index contributed by atoms with van der Waals surface area (Å²) in [6, 6.07) is 16.9. The molecule has 0 atom stereocenters. The van der Waals surface area contributed by atoms with Gasteiger partial charge in [0.15, 0.2) is 11.5 Å². The summed E-state index contributed by atoms with van der Waals surface area (Å²) in [5.41, 5.74) is 2.80. The summed E-state index contributed by atoms with van der Waals surface area (Å²) in [5.74, 6) is 1.90. The standard InChI is InChI=1S/C23H24N2O4/c1-27-20-6-4-3-5-19(20)14-23(26)25-15-18-7-8-21(22(13-18)28-2)29-16-17-9-11-24-12-10-17/h3-13H,14-16H2,1-2H3,(H,25,26). The largest absolute Gasteiger partial charge is 0.496 e. The maximum Gasteiger partial charge on any atom is 0.224 e. The van der Waals surface area contributed by atoms with Crippen LogP contribution >= 0.6 is 0 Å². The number of ether oxygens (including phenoxy) is 3. The molecule has 1 N–H and O–H groups in total. The number of nitrogens with one attached hydrogen (secondary N) is 1. The highest BCUT2D eigenvalue weighted by Gasteiger charge is 2.10. The van der Waals surface area contributed by atoms with Gasteiger partial charge in [-0.05, 0) is 41.5 Å². The minimum atomic E-state index is -0.0773. The molecule has 3 rings (SSSR count). The van der Waals surface area contributed by atoms with Gasteiger partial charge in [0.25, 0.3) is 0 Å². The molecule has 0 saturated carbocycles. The second kappa shape index (κ2) is 10.1. The van der Waals surface area contributed by atoms with E-state index >= 15 is 0 Å². The Kier molecular flexibility index (Phi) is 7.05. The number of amides is 1. The van der Waals surface area contributed by atoms with Crippen LogP contribution < -0.4 is 19.5 Å². The number of methoxy groups -OCH3 is 2. The first-order valence-electron chi connectivity index (χ1n) is 9.27. The molecular weight excluding hydrogens is 368 g/mol. The molecule has 0 radical (unpaired) electrons. The van der Waals surface area contributed by atoms with Gasteiger partial charge >= 0.3 is 0 Å². The Morgan fingerprint density at radius 1 is 0.897 bits per heavy atom. The highest BCUT2D eigenvalue weighted by atomic mass is 16.5. The molecule has 0 aliphatic heterocycles. The first-order valence-corrected chi connectivity index (χ1v) is 9.27. The number of benzene rings is 2. The van der Waals surface area contributed by atoms with E-state index in [0.29, 0.717) is 30.4 Å². The zero-order chi connectivity index (χ0) is 20.5. The van der Waals surface area contributed by atoms with Gasteiger partial charge in [0.2, 0.25) is 5.91 Å². The number of aromatic nitrogens is 1. The second-order valence-electron chi connectivity index (χ2n) is 6.39. The van der Waals surface area contributed by atoms with E-state index in [2.05, 4.69) is 10.3 Å². The quantitative estimate of drug-likeness (QED) is 0.603. The lowest BCUT2D eigenvalue weighted by Gasteiger charge is -2.13. The van der Waals surface area contributed by atoms with Crippen LogP contribution in [-0.4, -0.2) is 25.1 Å². The monoisotopic (exact) mass is 392 g/mol. The van der Waals surface area contributed by atoms with E-state index in [1.807, 2.05) is 54.6 Å². The molecule has 0 aliphatic rings. The number of hydrogen-bond acceptors (Lipinski definition) is 5. The number of rotatable bonds is 9. The van der Waals surface area contributed by atoms with Gasteiger partial charge in [0.05, 0.1) is 20.6 Å². The third kappa shape index (κ3) is 5.72. The first-order chi connectivity index (χ1) is 14.2. The molecular formula is C23H24N2O4. The topological polar surface area (TPSA) is 69.7 Å². The van der Waals surface area contributed by atoms with E-state index in [1.54, 1.807) is 26.6 Å². The van der Waals surface area contributed by atoms with Gasteiger partial charge in [-0.25, -0.2) is 0 Å². The Morgan fingerprint density at radius 2 is 1.66 bits per heavy atom. The smallest absolute Gasteiger partial charge is 0.224 e. The third-order valence-corrected chi connectivity index (χ3v) is 4.40. The number of pyridine rings is 1. The lowest BCUT2D eigenvalue weighted by molar-refractivity contribution is -0.120. The molecule has 150 valence electrons. The van der Waals surface area contributed by atoms with Crippen LogP contribution in [0.5, 0.6) is 17.2 Å². The van der Waals surface area contributed by atoms with Gasteiger partial charge in [-0.15, -0.1) is 0 Å². The van der Waals surface area contributed by atoms with Gasteiger partial charge in [-0.2, -0.15) is 0 Å². The van der Waals surface area contributed by atoms with Crippen molar-refractivity contribution in [3.05, 3.63) is 83.7 Å². The molecule has 0 fully saturated rings. The summed E-state index contributed by atoms with van der Waals surface area (Å²) in [4.78, 5) is 16.3. The number of para-hydroxylation sites is 1. The Hall–Kier alpha value is -3.54. The zero-order valence-corrected chi connectivity index (χ0v) is 16.6. The van der Waals surface area contributed by atoms with Crippen LogP contribution in [-0.2, 0) is 24.4 Å². The molecule has 0 saturated heterocycles. The molecule has 0 aliphatic carbocycles. The van der Waals surface area contributed by atoms with E-state index < -0.39 is 0 Å². The van der Waals surface area contributed by atoms with Crippen molar-refractivity contribution in [3.8, 4) is 17.2 Å². The van der Waals surface area contributed by atoms with Gasteiger partial charge in [0.1, 0.15) is 12.4 Å². The molecule has 2 aromatic carbocycles. The molecule has 1 aromatic heterocycles. The first kappa shape index (κ1) is 20.2. The van der Waals surface area contributed by atoms with Crippen molar-refractivity contribution >= 4 is 5.91 Å². The molecule has 0 bridgehead atoms. The maximum absolute atomic E-state index is 12.3. The summed E-state index contributed by atoms with van der Waals surface area (Å²) in [7, 11) is 3.19. The molecule has 3 aromatic rings. The summed E-state index contributed by atoms with van der Waals surface area (Å²) in [5, 5.41) is 2.93. The molecule has 6 nitrogen and oxygen atoms in total. The summed E-state index contributed by atoms with van der Waals surface area (Å²) < 4.78 is 16.6. The fourth-order valence-corrected chi connectivity index (χ4v) is 2.87. The fourth-order valence-electron chi connectivity index (χ4n) is 2.87. The van der Waals surface area contributed by atoms with Crippen LogP contribution in [0.2, 0.25) is 0 Å². The van der Waals surface area contributed by atoms with Gasteiger partial charge in [-0.1, -0.05) is 24.3 Å². The van der Waals surface area contributed by atoms with Crippen molar-refractivity contribution in [2.24, 2.45) is 0 Å². The molecule has 6 heteroatoms. The van der Waals surface area contributed by atoms with Crippen molar-refractivity contribution in [2.75, 3.05) is 14.2 Å². The third-order valence-electron chi connectivity index (χ3n) is 4.40. The molecule has 0 spiro atoms. The summed E-state index contributed by atoms with van der Waals surface area (Å²) in [6.45, 7) is 0.822. The van der Waals surface area contributed by atoms with Crippen LogP contribution in [0.25, 0.3) is 0 Å². The van der Waals surface area contributed by atoms with Crippen molar-refractivity contribution in [1.29, 1.82) is 0 Å². The lowest BCUT2D eigenvalue weighted by Crippen LogP contribution is -2.24. The predicted molar refractivity (Wildman–Crippen MR) is 110 cm³/mol. The maximum atomic E-state index is 12.3. The van der Waals surface area contributed by atoms with Crippen molar-refractivity contribution in [3.63, 3.8) is 0 Å². The van der Waals surface area contributed by atoms with E-state index in [4.69, 9.17) is 14.2 Å². The lowest BCUT2D eigenvalue weighted by atomic mass is 10.1. The second-order valence-corrected chi connectivity index (χ2v) is 6.39. The fraction of sp³-hybridized carbons (Fsp3) is 0.217. The SMILES string of the molecule is COc1ccccc1CC(=O)NCc1ccc(OCc2ccncc2)c(OC)c1. The number of carbonyl (C=O) groups is 1. The zero-order valence-electron chi connectivity index (χ0n) is 16.6. The number of hydrogen-bond donors (Lipinski definition) is 1. The Balaban J connectivity index is 1.57. The van der Waals surface area contributed by atoms with Crippen LogP contribution in [0.15, 0.2) is 67.0 Å². The van der Waals surface area contributed by atoms with Crippen LogP contribution in [0, 0.1) is 0 Å². The van der Waals surface area contributed by atoms with Crippen molar-refractivity contribution in [1.82, 2.24) is 10.3 Å².